The molecule has 0 saturated carbocycles. The van der Waals surface area contributed by atoms with E-state index in [1.54, 1.807) is 11.3 Å². The third-order valence-electron chi connectivity index (χ3n) is 4.07. The highest BCUT2D eigenvalue weighted by molar-refractivity contribution is 7.16. The Morgan fingerprint density at radius 3 is 2.76 bits per heavy atom. The zero-order valence-electron chi connectivity index (χ0n) is 12.1. The molecule has 0 unspecified atom stereocenters. The van der Waals surface area contributed by atoms with Crippen molar-refractivity contribution in [3.63, 3.8) is 0 Å². The molecule has 2 saturated heterocycles. The largest absolute Gasteiger partial charge is 0.325 e. The van der Waals surface area contributed by atoms with Crippen LogP contribution in [0.4, 0.5) is 4.79 Å². The Morgan fingerprint density at radius 2 is 2.19 bits per heavy atom. The highest BCUT2D eigenvalue weighted by Gasteiger charge is 2.55. The number of hydrogen-bond acceptors (Lipinski definition) is 4. The van der Waals surface area contributed by atoms with Gasteiger partial charge >= 0.3 is 6.03 Å². The summed E-state index contributed by atoms with van der Waals surface area (Å²) in [6.45, 7) is 5.85. The molecule has 3 heterocycles. The van der Waals surface area contributed by atoms with Crippen LogP contribution < -0.4 is 5.32 Å². The molecule has 1 spiro atoms. The second-order valence-corrected chi connectivity index (χ2v) is 7.75. The van der Waals surface area contributed by atoms with Gasteiger partial charge in [0.15, 0.2) is 0 Å². The minimum atomic E-state index is -0.734. The van der Waals surface area contributed by atoms with E-state index in [-0.39, 0.29) is 18.0 Å². The van der Waals surface area contributed by atoms with E-state index in [1.807, 2.05) is 26.0 Å². The van der Waals surface area contributed by atoms with E-state index in [9.17, 15) is 9.59 Å². The number of halogens is 1. The molecule has 3 amide bonds. The van der Waals surface area contributed by atoms with Gasteiger partial charge in [0.25, 0.3) is 5.91 Å². The lowest BCUT2D eigenvalue weighted by Crippen LogP contribution is -2.49. The molecular weight excluding hydrogens is 310 g/mol. The van der Waals surface area contributed by atoms with Crippen molar-refractivity contribution in [1.29, 1.82) is 0 Å². The zero-order valence-corrected chi connectivity index (χ0v) is 13.6. The molecule has 0 aromatic carbocycles. The number of nitrogens with zero attached hydrogens (tertiary/aromatic N) is 2. The Bertz CT molecular complexity index is 589. The van der Waals surface area contributed by atoms with Crippen LogP contribution in [0.15, 0.2) is 12.1 Å². The molecule has 1 N–H and O–H groups in total. The fourth-order valence-electron chi connectivity index (χ4n) is 3.07. The SMILES string of the molecule is CC(C)N1C(=O)N[C@]2(CCN(Cc3ccc(Cl)s3)C2)C1=O. The lowest BCUT2D eigenvalue weighted by Gasteiger charge is -2.23. The van der Waals surface area contributed by atoms with Crippen LogP contribution in [0.1, 0.15) is 25.1 Å². The molecule has 2 aliphatic heterocycles. The maximum Gasteiger partial charge on any atom is 0.325 e. The van der Waals surface area contributed by atoms with Crippen molar-refractivity contribution < 1.29 is 9.59 Å². The first-order valence-electron chi connectivity index (χ1n) is 7.04. The third-order valence-corrected chi connectivity index (χ3v) is 5.28. The van der Waals surface area contributed by atoms with E-state index in [2.05, 4.69) is 10.2 Å². The number of urea groups is 1. The summed E-state index contributed by atoms with van der Waals surface area (Å²) in [6, 6.07) is 3.52. The second-order valence-electron chi connectivity index (χ2n) is 5.95. The van der Waals surface area contributed by atoms with Gasteiger partial charge in [0.2, 0.25) is 0 Å². The van der Waals surface area contributed by atoms with Gasteiger partial charge in [-0.05, 0) is 32.4 Å². The number of imide groups is 1. The van der Waals surface area contributed by atoms with Crippen molar-refractivity contribution in [3.05, 3.63) is 21.3 Å². The lowest BCUT2D eigenvalue weighted by atomic mass is 9.98. The maximum atomic E-state index is 12.6. The average molecular weight is 328 g/mol. The predicted molar refractivity (Wildman–Crippen MR) is 82.5 cm³/mol. The van der Waals surface area contributed by atoms with Gasteiger partial charge < -0.3 is 5.32 Å². The van der Waals surface area contributed by atoms with Crippen molar-refractivity contribution in [1.82, 2.24) is 15.1 Å². The maximum absolute atomic E-state index is 12.6. The van der Waals surface area contributed by atoms with Crippen molar-refractivity contribution in [2.45, 2.75) is 38.4 Å². The fraction of sp³-hybridized carbons (Fsp3) is 0.571. The van der Waals surface area contributed by atoms with Gasteiger partial charge in [0.05, 0.1) is 4.34 Å². The smallest absolute Gasteiger partial charge is 0.322 e. The Hall–Kier alpha value is -1.11. The molecular formula is C14H18ClN3O2S. The number of carbonyl (C=O) groups is 2. The summed E-state index contributed by atoms with van der Waals surface area (Å²) in [4.78, 5) is 29.3. The van der Waals surface area contributed by atoms with E-state index in [4.69, 9.17) is 11.6 Å². The van der Waals surface area contributed by atoms with Gasteiger partial charge in [-0.2, -0.15) is 0 Å². The summed E-state index contributed by atoms with van der Waals surface area (Å²) in [5.74, 6) is -0.0887. The summed E-state index contributed by atoms with van der Waals surface area (Å²) in [7, 11) is 0. The highest BCUT2D eigenvalue weighted by Crippen LogP contribution is 2.31. The molecule has 0 bridgehead atoms. The van der Waals surface area contributed by atoms with Gasteiger partial charge in [0, 0.05) is 30.6 Å². The van der Waals surface area contributed by atoms with Crippen LogP contribution in [0.3, 0.4) is 0 Å². The summed E-state index contributed by atoms with van der Waals surface area (Å²) in [5, 5.41) is 2.90. The normalized spacial score (nSPS) is 26.4. The number of likely N-dealkylation sites (tertiary alicyclic amines) is 1. The first-order valence-corrected chi connectivity index (χ1v) is 8.23. The number of nitrogens with one attached hydrogen (secondary N) is 1. The number of hydrogen-bond donors (Lipinski definition) is 1. The molecule has 2 fully saturated rings. The van der Waals surface area contributed by atoms with Crippen molar-refractivity contribution in [3.8, 4) is 0 Å². The van der Waals surface area contributed by atoms with Crippen LogP contribution in [0.5, 0.6) is 0 Å². The average Bonchev–Trinajstić information content (AvgIpc) is 3.03. The van der Waals surface area contributed by atoms with E-state index >= 15 is 0 Å². The molecule has 5 nitrogen and oxygen atoms in total. The molecule has 2 aliphatic rings. The minimum absolute atomic E-state index is 0.0887. The van der Waals surface area contributed by atoms with Gasteiger partial charge in [-0.25, -0.2) is 4.79 Å². The van der Waals surface area contributed by atoms with Crippen LogP contribution in [-0.2, 0) is 11.3 Å². The highest BCUT2D eigenvalue weighted by atomic mass is 35.5. The summed E-state index contributed by atoms with van der Waals surface area (Å²) < 4.78 is 0.773. The monoisotopic (exact) mass is 327 g/mol. The van der Waals surface area contributed by atoms with E-state index < -0.39 is 5.54 Å². The molecule has 1 aromatic heterocycles. The summed E-state index contributed by atoms with van der Waals surface area (Å²) in [6.07, 6.45) is 0.667. The lowest BCUT2D eigenvalue weighted by molar-refractivity contribution is -0.132. The van der Waals surface area contributed by atoms with Gasteiger partial charge in [0.1, 0.15) is 5.54 Å². The summed E-state index contributed by atoms with van der Waals surface area (Å²) >= 11 is 7.50. The van der Waals surface area contributed by atoms with Crippen LogP contribution >= 0.6 is 22.9 Å². The fourth-order valence-corrected chi connectivity index (χ4v) is 4.20. The Kier molecular flexibility index (Phi) is 3.71. The van der Waals surface area contributed by atoms with Crippen LogP contribution in [0, 0.1) is 0 Å². The third kappa shape index (κ3) is 2.56. The molecule has 7 heteroatoms. The van der Waals surface area contributed by atoms with E-state index in [0.29, 0.717) is 13.0 Å². The van der Waals surface area contributed by atoms with Crippen molar-refractivity contribution in [2.75, 3.05) is 13.1 Å². The Morgan fingerprint density at radius 1 is 1.43 bits per heavy atom. The second kappa shape index (κ2) is 5.26. The minimum Gasteiger partial charge on any atom is -0.322 e. The van der Waals surface area contributed by atoms with Gasteiger partial charge in [-0.15, -0.1) is 11.3 Å². The topological polar surface area (TPSA) is 52.7 Å². The number of amides is 3. The molecule has 0 aliphatic carbocycles. The first kappa shape index (κ1) is 14.8. The molecule has 114 valence electrons. The van der Waals surface area contributed by atoms with Gasteiger partial charge in [-0.1, -0.05) is 11.6 Å². The molecule has 3 rings (SSSR count). The first-order chi connectivity index (χ1) is 9.91. The number of thiophene rings is 1. The van der Waals surface area contributed by atoms with Crippen LogP contribution in [-0.4, -0.2) is 46.4 Å². The van der Waals surface area contributed by atoms with Crippen LogP contribution in [0.25, 0.3) is 0 Å². The number of carbonyl (C=O) groups excluding carboxylic acids is 2. The Balaban J connectivity index is 1.71. The van der Waals surface area contributed by atoms with Crippen molar-refractivity contribution in [2.24, 2.45) is 0 Å². The molecule has 21 heavy (non-hydrogen) atoms. The predicted octanol–water partition coefficient (Wildman–Crippen LogP) is 2.31. The Labute approximate surface area is 132 Å². The molecule has 0 radical (unpaired) electrons. The van der Waals surface area contributed by atoms with Crippen molar-refractivity contribution >= 4 is 34.9 Å². The summed E-state index contributed by atoms with van der Waals surface area (Å²) in [5.41, 5.74) is -0.734. The van der Waals surface area contributed by atoms with E-state index in [0.717, 1.165) is 17.4 Å². The zero-order chi connectivity index (χ0) is 15.2. The van der Waals surface area contributed by atoms with Crippen LogP contribution in [0.2, 0.25) is 4.34 Å². The quantitative estimate of drug-likeness (QED) is 0.867. The standard InChI is InChI=1S/C14H18ClN3O2S/c1-9(2)18-12(19)14(16-13(18)20)5-6-17(8-14)7-10-3-4-11(15)21-10/h3-4,9H,5-8H2,1-2H3,(H,16,20)/t14-/m0/s1. The molecule has 1 aromatic rings. The van der Waals surface area contributed by atoms with Gasteiger partial charge in [-0.3, -0.25) is 14.6 Å². The van der Waals surface area contributed by atoms with E-state index in [1.165, 1.54) is 9.78 Å². The number of rotatable bonds is 3. The molecule has 1 atom stereocenters.